The minimum Gasteiger partial charge on any atom is -0.425 e. The number of hydrogen-bond donors (Lipinski definition) is 0. The molecule has 0 aliphatic rings. The number of esters is 1. The molecule has 0 aliphatic carbocycles. The van der Waals surface area contributed by atoms with Crippen LogP contribution in [0.25, 0.3) is 5.76 Å². The van der Waals surface area contributed by atoms with Crippen LogP contribution in [0.3, 0.4) is 0 Å². The van der Waals surface area contributed by atoms with Gasteiger partial charge in [-0.3, -0.25) is 4.79 Å². The number of ether oxygens (including phenoxy) is 1. The molecule has 0 unspecified atom stereocenters. The molecular formula is C12H14O4S. The fraction of sp³-hybridized carbons (Fsp3) is 0.250. The van der Waals surface area contributed by atoms with Gasteiger partial charge in [0, 0.05) is 18.7 Å². The third kappa shape index (κ3) is 4.40. The third-order valence-corrected chi connectivity index (χ3v) is 2.63. The summed E-state index contributed by atoms with van der Waals surface area (Å²) in [7, 11) is -3.37. The molecule has 5 heteroatoms. The molecule has 0 N–H and O–H groups in total. The summed E-state index contributed by atoms with van der Waals surface area (Å²) in [4.78, 5) is 11.0. The standard InChI is InChI=1S/C12H14O4S/c1-9-6-4-5-7-11(9)12(16-10(2)13)8-17(3,14)15/h4-8H,1-3H3/b12-8-. The highest BCUT2D eigenvalue weighted by Crippen LogP contribution is 2.21. The molecule has 4 nitrogen and oxygen atoms in total. The van der Waals surface area contributed by atoms with Crippen LogP contribution in [0.2, 0.25) is 0 Å². The zero-order chi connectivity index (χ0) is 13.1. The number of benzene rings is 1. The van der Waals surface area contributed by atoms with Crippen LogP contribution >= 0.6 is 0 Å². The molecule has 1 aromatic rings. The smallest absolute Gasteiger partial charge is 0.308 e. The van der Waals surface area contributed by atoms with E-state index >= 15 is 0 Å². The second-order valence-corrected chi connectivity index (χ2v) is 5.61. The first-order chi connectivity index (χ1) is 7.79. The Balaban J connectivity index is 3.30. The minimum absolute atomic E-state index is 0.0538. The number of carbonyl (C=O) groups excluding carboxylic acids is 1. The van der Waals surface area contributed by atoms with E-state index in [-0.39, 0.29) is 5.76 Å². The second kappa shape index (κ2) is 5.14. The lowest BCUT2D eigenvalue weighted by Gasteiger charge is -2.09. The molecule has 0 heterocycles. The lowest BCUT2D eigenvalue weighted by molar-refractivity contribution is -0.134. The molecule has 0 saturated heterocycles. The molecule has 0 radical (unpaired) electrons. The summed E-state index contributed by atoms with van der Waals surface area (Å²) in [6.07, 6.45) is 1.05. The summed E-state index contributed by atoms with van der Waals surface area (Å²) >= 11 is 0. The lowest BCUT2D eigenvalue weighted by atomic mass is 10.1. The van der Waals surface area contributed by atoms with E-state index in [1.807, 2.05) is 19.1 Å². The van der Waals surface area contributed by atoms with Crippen LogP contribution in [0, 0.1) is 6.92 Å². The average molecular weight is 254 g/mol. The molecular weight excluding hydrogens is 240 g/mol. The Morgan fingerprint density at radius 1 is 1.29 bits per heavy atom. The van der Waals surface area contributed by atoms with Gasteiger partial charge in [-0.1, -0.05) is 24.3 Å². The van der Waals surface area contributed by atoms with Gasteiger partial charge in [0.1, 0.15) is 5.76 Å². The van der Waals surface area contributed by atoms with Crippen molar-refractivity contribution >= 4 is 21.6 Å². The maximum atomic E-state index is 11.2. The highest BCUT2D eigenvalue weighted by molar-refractivity contribution is 7.93. The van der Waals surface area contributed by atoms with Gasteiger partial charge in [-0.15, -0.1) is 0 Å². The summed E-state index contributed by atoms with van der Waals surface area (Å²) in [5, 5.41) is 0.955. The van der Waals surface area contributed by atoms with Gasteiger partial charge < -0.3 is 4.74 Å². The van der Waals surface area contributed by atoms with E-state index in [2.05, 4.69) is 0 Å². The topological polar surface area (TPSA) is 60.4 Å². The van der Waals surface area contributed by atoms with Crippen molar-refractivity contribution in [2.45, 2.75) is 13.8 Å². The van der Waals surface area contributed by atoms with E-state index in [0.717, 1.165) is 17.2 Å². The van der Waals surface area contributed by atoms with E-state index in [9.17, 15) is 13.2 Å². The van der Waals surface area contributed by atoms with Crippen LogP contribution in [0.4, 0.5) is 0 Å². The van der Waals surface area contributed by atoms with Gasteiger partial charge in [0.05, 0.1) is 5.41 Å². The SMILES string of the molecule is CC(=O)O/C(=C\S(C)(=O)=O)c1ccccc1C. The third-order valence-electron chi connectivity index (χ3n) is 1.99. The van der Waals surface area contributed by atoms with Crippen molar-refractivity contribution in [2.75, 3.05) is 6.26 Å². The van der Waals surface area contributed by atoms with Gasteiger partial charge >= 0.3 is 5.97 Å². The molecule has 0 atom stereocenters. The van der Waals surface area contributed by atoms with Gasteiger partial charge in [0.15, 0.2) is 9.84 Å². The van der Waals surface area contributed by atoms with Gasteiger partial charge in [-0.05, 0) is 12.5 Å². The Hall–Kier alpha value is -1.62. The molecule has 1 rings (SSSR count). The zero-order valence-corrected chi connectivity index (χ0v) is 10.7. The van der Waals surface area contributed by atoms with Crippen LogP contribution in [0.15, 0.2) is 29.7 Å². The summed E-state index contributed by atoms with van der Waals surface area (Å²) in [5.74, 6) is -0.499. The second-order valence-electron chi connectivity index (χ2n) is 3.72. The molecule has 0 spiro atoms. The van der Waals surface area contributed by atoms with Crippen molar-refractivity contribution in [3.05, 3.63) is 40.8 Å². The molecule has 92 valence electrons. The van der Waals surface area contributed by atoms with Crippen LogP contribution in [-0.2, 0) is 19.4 Å². The average Bonchev–Trinajstić information content (AvgIpc) is 2.14. The van der Waals surface area contributed by atoms with Crippen LogP contribution < -0.4 is 0 Å². The number of sulfone groups is 1. The van der Waals surface area contributed by atoms with Crippen molar-refractivity contribution in [3.8, 4) is 0 Å². The van der Waals surface area contributed by atoms with Crippen LogP contribution in [0.5, 0.6) is 0 Å². The monoisotopic (exact) mass is 254 g/mol. The number of rotatable bonds is 3. The Morgan fingerprint density at radius 2 is 1.88 bits per heavy atom. The Bertz CT molecular complexity index is 556. The molecule has 0 saturated carbocycles. The summed E-state index contributed by atoms with van der Waals surface area (Å²) in [6, 6.07) is 7.09. The van der Waals surface area contributed by atoms with E-state index in [1.165, 1.54) is 6.92 Å². The number of hydrogen-bond acceptors (Lipinski definition) is 4. The van der Waals surface area contributed by atoms with Crippen molar-refractivity contribution < 1.29 is 17.9 Å². The first-order valence-electron chi connectivity index (χ1n) is 4.96. The molecule has 0 aliphatic heterocycles. The maximum absolute atomic E-state index is 11.2. The summed E-state index contributed by atoms with van der Waals surface area (Å²) < 4.78 is 27.4. The van der Waals surface area contributed by atoms with E-state index in [4.69, 9.17) is 4.74 Å². The van der Waals surface area contributed by atoms with Crippen molar-refractivity contribution in [1.82, 2.24) is 0 Å². The van der Waals surface area contributed by atoms with Gasteiger partial charge in [-0.2, -0.15) is 0 Å². The van der Waals surface area contributed by atoms with Crippen LogP contribution in [-0.4, -0.2) is 20.6 Å². The zero-order valence-electron chi connectivity index (χ0n) is 9.93. The Morgan fingerprint density at radius 3 is 2.35 bits per heavy atom. The normalized spacial score (nSPS) is 12.3. The summed E-state index contributed by atoms with van der Waals surface area (Å²) in [5.41, 5.74) is 1.43. The molecule has 0 aromatic heterocycles. The quantitative estimate of drug-likeness (QED) is 0.610. The van der Waals surface area contributed by atoms with Crippen molar-refractivity contribution in [2.24, 2.45) is 0 Å². The Labute approximate surface area is 101 Å². The highest BCUT2D eigenvalue weighted by Gasteiger charge is 2.11. The maximum Gasteiger partial charge on any atom is 0.308 e. The van der Waals surface area contributed by atoms with Gasteiger partial charge in [-0.25, -0.2) is 8.42 Å². The predicted octanol–water partition coefficient (Wildman–Crippen LogP) is 1.90. The van der Waals surface area contributed by atoms with Gasteiger partial charge in [0.25, 0.3) is 0 Å². The van der Waals surface area contributed by atoms with E-state index in [1.54, 1.807) is 12.1 Å². The lowest BCUT2D eigenvalue weighted by Crippen LogP contribution is -2.03. The fourth-order valence-corrected chi connectivity index (χ4v) is 1.91. The largest absolute Gasteiger partial charge is 0.425 e. The molecule has 0 fully saturated rings. The van der Waals surface area contributed by atoms with E-state index < -0.39 is 15.8 Å². The van der Waals surface area contributed by atoms with Gasteiger partial charge in [0.2, 0.25) is 0 Å². The highest BCUT2D eigenvalue weighted by atomic mass is 32.2. The molecule has 0 amide bonds. The van der Waals surface area contributed by atoms with Crippen LogP contribution in [0.1, 0.15) is 18.1 Å². The molecule has 1 aromatic carbocycles. The fourth-order valence-electron chi connectivity index (χ4n) is 1.34. The first-order valence-corrected chi connectivity index (χ1v) is 6.91. The Kier molecular flexibility index (Phi) is 4.07. The number of carbonyl (C=O) groups is 1. The molecule has 17 heavy (non-hydrogen) atoms. The predicted molar refractivity (Wildman–Crippen MR) is 65.8 cm³/mol. The van der Waals surface area contributed by atoms with Crippen molar-refractivity contribution in [1.29, 1.82) is 0 Å². The van der Waals surface area contributed by atoms with E-state index in [0.29, 0.717) is 5.56 Å². The molecule has 0 bridgehead atoms. The summed E-state index contributed by atoms with van der Waals surface area (Å²) in [6.45, 7) is 3.04. The minimum atomic E-state index is -3.37. The first kappa shape index (κ1) is 13.4. The van der Waals surface area contributed by atoms with Crippen molar-refractivity contribution in [3.63, 3.8) is 0 Å². The number of aryl methyl sites for hydroxylation is 1.